The molecule has 1 N–H and O–H groups in total. The Morgan fingerprint density at radius 3 is 2.70 bits per heavy atom. The van der Waals surface area contributed by atoms with Gasteiger partial charge in [-0.1, -0.05) is 12.8 Å². The van der Waals surface area contributed by atoms with Gasteiger partial charge < -0.3 is 10.1 Å². The molecule has 0 aromatic rings. The van der Waals surface area contributed by atoms with Gasteiger partial charge in [0, 0.05) is 36.6 Å². The van der Waals surface area contributed by atoms with E-state index in [2.05, 4.69) is 10.2 Å². The highest BCUT2D eigenvalue weighted by atomic mass is 35.5. The Balaban J connectivity index is 1.51. The first kappa shape index (κ1) is 16.9. The van der Waals surface area contributed by atoms with E-state index in [4.69, 9.17) is 27.9 Å². The molecular weight excluding hydrogens is 331 g/mol. The van der Waals surface area contributed by atoms with Gasteiger partial charge in [0.2, 0.25) is 0 Å². The van der Waals surface area contributed by atoms with Crippen molar-refractivity contribution in [1.29, 1.82) is 0 Å². The molecule has 0 amide bonds. The predicted molar refractivity (Wildman–Crippen MR) is 95.2 cm³/mol. The third kappa shape index (κ3) is 3.55. The summed E-state index contributed by atoms with van der Waals surface area (Å²) in [5, 5.41) is 4.19. The molecule has 4 aliphatic rings. The maximum atomic E-state index is 6.79. The lowest BCUT2D eigenvalue weighted by Gasteiger charge is -2.41. The Bertz CT molecular complexity index is 404. The first-order valence-electron chi connectivity index (χ1n) is 9.60. The van der Waals surface area contributed by atoms with Gasteiger partial charge in [0.25, 0.3) is 0 Å². The van der Waals surface area contributed by atoms with Crippen molar-refractivity contribution in [1.82, 2.24) is 10.2 Å². The maximum Gasteiger partial charge on any atom is 0.0741 e. The first-order chi connectivity index (χ1) is 11.2. The molecule has 0 aromatic heterocycles. The average molecular weight is 361 g/mol. The summed E-state index contributed by atoms with van der Waals surface area (Å²) < 4.78 is 6.60. The molecule has 7 atom stereocenters. The molecule has 2 saturated heterocycles. The second kappa shape index (κ2) is 7.37. The molecule has 132 valence electrons. The Kier molecular flexibility index (Phi) is 5.42. The third-order valence-electron chi connectivity index (χ3n) is 6.60. The van der Waals surface area contributed by atoms with Gasteiger partial charge >= 0.3 is 0 Å². The summed E-state index contributed by atoms with van der Waals surface area (Å²) in [6.45, 7) is 3.23. The summed E-state index contributed by atoms with van der Waals surface area (Å²) >= 11 is 13.2. The highest BCUT2D eigenvalue weighted by molar-refractivity contribution is 6.21. The van der Waals surface area contributed by atoms with Gasteiger partial charge in [0.1, 0.15) is 0 Å². The largest absolute Gasteiger partial charge is 0.373 e. The van der Waals surface area contributed by atoms with E-state index in [0.29, 0.717) is 40.8 Å². The molecule has 4 rings (SSSR count). The van der Waals surface area contributed by atoms with Crippen molar-refractivity contribution in [3.05, 3.63) is 0 Å². The van der Waals surface area contributed by atoms with Crippen LogP contribution < -0.4 is 5.32 Å². The summed E-state index contributed by atoms with van der Waals surface area (Å²) in [5.74, 6) is 1.26. The van der Waals surface area contributed by atoms with Crippen LogP contribution in [0.3, 0.4) is 0 Å². The Hall–Kier alpha value is 0.460. The summed E-state index contributed by atoms with van der Waals surface area (Å²) in [4.78, 5) is 2.62. The van der Waals surface area contributed by atoms with E-state index in [9.17, 15) is 0 Å². The van der Waals surface area contributed by atoms with Gasteiger partial charge in [-0.05, 0) is 50.4 Å². The Labute approximate surface area is 150 Å². The number of rotatable bonds is 3. The summed E-state index contributed by atoms with van der Waals surface area (Å²) in [5.41, 5.74) is 0. The Morgan fingerprint density at radius 1 is 1.04 bits per heavy atom. The summed E-state index contributed by atoms with van der Waals surface area (Å²) in [6, 6.07) is 0.493. The number of hydrogen-bond donors (Lipinski definition) is 1. The molecular formula is C18H30Cl2N2O. The van der Waals surface area contributed by atoms with Crippen molar-refractivity contribution in [3.8, 4) is 0 Å². The van der Waals surface area contributed by atoms with Gasteiger partial charge in [0.15, 0.2) is 0 Å². The minimum Gasteiger partial charge on any atom is -0.373 e. The molecule has 2 heterocycles. The topological polar surface area (TPSA) is 24.5 Å². The zero-order valence-corrected chi connectivity index (χ0v) is 15.4. The molecule has 3 nitrogen and oxygen atoms in total. The van der Waals surface area contributed by atoms with Crippen LogP contribution in [0.4, 0.5) is 0 Å². The molecule has 0 aromatic carbocycles. The van der Waals surface area contributed by atoms with Crippen molar-refractivity contribution in [2.24, 2.45) is 11.8 Å². The third-order valence-corrected chi connectivity index (χ3v) is 7.54. The quantitative estimate of drug-likeness (QED) is 0.778. The normalized spacial score (nSPS) is 46.7. The number of nitrogens with one attached hydrogen (secondary N) is 1. The highest BCUT2D eigenvalue weighted by Crippen LogP contribution is 2.44. The SMILES string of the molecule is ClC1CCC2OC(C(C3CCCCC3Cl)N3CCNC3)CC2C1. The van der Waals surface area contributed by atoms with Crippen LogP contribution in [0, 0.1) is 11.8 Å². The zero-order valence-electron chi connectivity index (χ0n) is 13.9. The molecule has 4 fully saturated rings. The number of halogens is 2. The van der Waals surface area contributed by atoms with E-state index in [0.717, 1.165) is 39.0 Å². The molecule has 23 heavy (non-hydrogen) atoms. The van der Waals surface area contributed by atoms with E-state index in [1.165, 1.54) is 32.1 Å². The average Bonchev–Trinajstić information content (AvgIpc) is 3.19. The van der Waals surface area contributed by atoms with Crippen LogP contribution in [-0.4, -0.2) is 53.7 Å². The number of nitrogens with zero attached hydrogens (tertiary/aromatic N) is 1. The van der Waals surface area contributed by atoms with Gasteiger partial charge in [-0.2, -0.15) is 0 Å². The highest BCUT2D eigenvalue weighted by Gasteiger charge is 2.47. The lowest BCUT2D eigenvalue weighted by molar-refractivity contribution is -0.0419. The second-order valence-electron chi connectivity index (χ2n) is 8.04. The minimum absolute atomic E-state index is 0.321. The smallest absolute Gasteiger partial charge is 0.0741 e. The summed E-state index contributed by atoms with van der Waals surface area (Å²) in [7, 11) is 0. The standard InChI is InChI=1S/C18H30Cl2N2O/c19-13-5-6-16-12(9-13)10-17(23-16)18(22-8-7-21-11-22)14-3-1-2-4-15(14)20/h12-18,21H,1-11H2. The van der Waals surface area contributed by atoms with E-state index in [1.54, 1.807) is 0 Å². The fourth-order valence-corrected chi connectivity index (χ4v) is 6.25. The van der Waals surface area contributed by atoms with Crippen molar-refractivity contribution < 1.29 is 4.74 Å². The van der Waals surface area contributed by atoms with Crippen molar-refractivity contribution >= 4 is 23.2 Å². The fourth-order valence-electron chi connectivity index (χ4n) is 5.46. The molecule has 2 saturated carbocycles. The van der Waals surface area contributed by atoms with E-state index >= 15 is 0 Å². The van der Waals surface area contributed by atoms with Gasteiger partial charge in [-0.25, -0.2) is 0 Å². The molecule has 7 unspecified atom stereocenters. The minimum atomic E-state index is 0.321. The molecule has 0 spiro atoms. The van der Waals surface area contributed by atoms with Crippen molar-refractivity contribution in [2.45, 2.75) is 80.4 Å². The van der Waals surface area contributed by atoms with Crippen LogP contribution in [0.2, 0.25) is 0 Å². The van der Waals surface area contributed by atoms with Crippen LogP contribution in [0.1, 0.15) is 51.4 Å². The van der Waals surface area contributed by atoms with Gasteiger partial charge in [0.05, 0.1) is 12.2 Å². The number of fused-ring (bicyclic) bond motifs is 1. The first-order valence-corrected chi connectivity index (χ1v) is 10.5. The monoisotopic (exact) mass is 360 g/mol. The molecule has 2 aliphatic heterocycles. The van der Waals surface area contributed by atoms with Gasteiger partial charge in [-0.3, -0.25) is 4.90 Å². The molecule has 5 heteroatoms. The van der Waals surface area contributed by atoms with E-state index < -0.39 is 0 Å². The van der Waals surface area contributed by atoms with Crippen LogP contribution in [-0.2, 0) is 4.74 Å². The number of alkyl halides is 2. The Morgan fingerprint density at radius 2 is 1.91 bits per heavy atom. The van der Waals surface area contributed by atoms with Crippen molar-refractivity contribution in [2.75, 3.05) is 19.8 Å². The molecule has 0 bridgehead atoms. The predicted octanol–water partition coefficient (Wildman–Crippen LogP) is 3.58. The molecule has 2 aliphatic carbocycles. The second-order valence-corrected chi connectivity index (χ2v) is 9.22. The lowest BCUT2D eigenvalue weighted by Crippen LogP contribution is -2.51. The van der Waals surface area contributed by atoms with Crippen LogP contribution >= 0.6 is 23.2 Å². The van der Waals surface area contributed by atoms with Crippen LogP contribution in [0.5, 0.6) is 0 Å². The van der Waals surface area contributed by atoms with Crippen LogP contribution in [0.25, 0.3) is 0 Å². The van der Waals surface area contributed by atoms with E-state index in [1.807, 2.05) is 0 Å². The summed E-state index contributed by atoms with van der Waals surface area (Å²) in [6.07, 6.45) is 10.5. The van der Waals surface area contributed by atoms with Crippen molar-refractivity contribution in [3.63, 3.8) is 0 Å². The molecule has 0 radical (unpaired) electrons. The fraction of sp³-hybridized carbons (Fsp3) is 1.00. The number of hydrogen-bond acceptors (Lipinski definition) is 3. The number of ether oxygens (including phenoxy) is 1. The zero-order chi connectivity index (χ0) is 15.8. The lowest BCUT2D eigenvalue weighted by atomic mass is 9.78. The maximum absolute atomic E-state index is 6.79. The van der Waals surface area contributed by atoms with Gasteiger partial charge in [-0.15, -0.1) is 23.2 Å². The van der Waals surface area contributed by atoms with Crippen LogP contribution in [0.15, 0.2) is 0 Å². The van der Waals surface area contributed by atoms with E-state index in [-0.39, 0.29) is 0 Å².